The molecule has 1 aliphatic rings. The summed E-state index contributed by atoms with van der Waals surface area (Å²) < 4.78 is 18.6. The highest BCUT2D eigenvalue weighted by Gasteiger charge is 2.20. The van der Waals surface area contributed by atoms with E-state index in [1.807, 2.05) is 47.0 Å². The topological polar surface area (TPSA) is 84.4 Å². The van der Waals surface area contributed by atoms with Crippen molar-refractivity contribution in [2.24, 2.45) is 0 Å². The van der Waals surface area contributed by atoms with Crippen molar-refractivity contribution in [3.8, 4) is 34.3 Å². The van der Waals surface area contributed by atoms with Gasteiger partial charge in [-0.1, -0.05) is 0 Å². The zero-order valence-corrected chi connectivity index (χ0v) is 15.3. The average molecular weight is 374 g/mol. The monoisotopic (exact) mass is 374 g/mol. The van der Waals surface area contributed by atoms with Crippen LogP contribution in [0.15, 0.2) is 54.7 Å². The highest BCUT2D eigenvalue weighted by atomic mass is 16.6. The Morgan fingerprint density at radius 3 is 2.71 bits per heavy atom. The lowest BCUT2D eigenvalue weighted by atomic mass is 10.1. The summed E-state index contributed by atoms with van der Waals surface area (Å²) in [6.45, 7) is 1.08. The molecule has 3 heterocycles. The molecule has 0 amide bonds. The fourth-order valence-electron chi connectivity index (χ4n) is 3.38. The van der Waals surface area contributed by atoms with Gasteiger partial charge in [-0.25, -0.2) is 9.97 Å². The van der Waals surface area contributed by atoms with Crippen LogP contribution in [0.1, 0.15) is 0 Å². The maximum Gasteiger partial charge on any atom is 0.164 e. The lowest BCUT2D eigenvalue weighted by Gasteiger charge is -2.19. The van der Waals surface area contributed by atoms with Crippen molar-refractivity contribution >= 4 is 16.9 Å². The number of imidazole rings is 1. The van der Waals surface area contributed by atoms with Gasteiger partial charge in [0.15, 0.2) is 17.1 Å². The van der Waals surface area contributed by atoms with Crippen LogP contribution in [0, 0.1) is 0 Å². The lowest BCUT2D eigenvalue weighted by Crippen LogP contribution is -2.15. The predicted molar refractivity (Wildman–Crippen MR) is 106 cm³/mol. The van der Waals surface area contributed by atoms with E-state index >= 15 is 0 Å². The Morgan fingerprint density at radius 2 is 1.89 bits per heavy atom. The van der Waals surface area contributed by atoms with Gasteiger partial charge in [0.05, 0.1) is 12.8 Å². The first-order valence-corrected chi connectivity index (χ1v) is 8.92. The number of fused-ring (bicyclic) bond motifs is 2. The third-order valence-electron chi connectivity index (χ3n) is 4.70. The van der Waals surface area contributed by atoms with Crippen LogP contribution in [0.25, 0.3) is 28.2 Å². The molecule has 1 aliphatic heterocycles. The second-order valence-electron chi connectivity index (χ2n) is 6.40. The van der Waals surface area contributed by atoms with Crippen LogP contribution in [0.4, 0.5) is 5.69 Å². The largest absolute Gasteiger partial charge is 0.497 e. The van der Waals surface area contributed by atoms with Gasteiger partial charge in [0.2, 0.25) is 0 Å². The maximum atomic E-state index is 6.31. The Hall–Kier alpha value is -3.74. The molecule has 2 N–H and O–H groups in total. The van der Waals surface area contributed by atoms with Crippen molar-refractivity contribution in [1.29, 1.82) is 0 Å². The van der Waals surface area contributed by atoms with Gasteiger partial charge in [-0.2, -0.15) is 0 Å². The molecular weight excluding hydrogens is 356 g/mol. The van der Waals surface area contributed by atoms with Gasteiger partial charge in [-0.15, -0.1) is 0 Å². The Balaban J connectivity index is 1.75. The van der Waals surface area contributed by atoms with Gasteiger partial charge >= 0.3 is 0 Å². The number of ether oxygens (including phenoxy) is 3. The summed E-state index contributed by atoms with van der Waals surface area (Å²) in [5, 5.41) is 0. The van der Waals surface area contributed by atoms with E-state index in [-0.39, 0.29) is 0 Å². The molecule has 7 nitrogen and oxygen atoms in total. The molecule has 4 aromatic rings. The van der Waals surface area contributed by atoms with Gasteiger partial charge in [0.25, 0.3) is 0 Å². The Labute approximate surface area is 161 Å². The number of hydrogen-bond acceptors (Lipinski definition) is 6. The van der Waals surface area contributed by atoms with Gasteiger partial charge in [0, 0.05) is 29.6 Å². The van der Waals surface area contributed by atoms with Crippen LogP contribution in [0.5, 0.6) is 17.2 Å². The number of benzene rings is 2. The normalized spacial score (nSPS) is 12.9. The van der Waals surface area contributed by atoms with Gasteiger partial charge in [0.1, 0.15) is 30.3 Å². The third-order valence-corrected chi connectivity index (χ3v) is 4.70. The fourth-order valence-corrected chi connectivity index (χ4v) is 3.38. The minimum atomic E-state index is 0.525. The molecule has 0 spiro atoms. The molecular formula is C21H18N4O3. The van der Waals surface area contributed by atoms with Crippen LogP contribution >= 0.6 is 0 Å². The molecule has 0 atom stereocenters. The second-order valence-corrected chi connectivity index (χ2v) is 6.40. The van der Waals surface area contributed by atoms with Crippen molar-refractivity contribution in [2.45, 2.75) is 0 Å². The Morgan fingerprint density at radius 1 is 1.04 bits per heavy atom. The van der Waals surface area contributed by atoms with Crippen molar-refractivity contribution in [3.05, 3.63) is 54.7 Å². The molecule has 0 bridgehead atoms. The number of pyridine rings is 1. The second kappa shape index (κ2) is 6.45. The Kier molecular flexibility index (Phi) is 3.79. The first kappa shape index (κ1) is 16.4. The molecule has 5 rings (SSSR count). The summed E-state index contributed by atoms with van der Waals surface area (Å²) in [6.07, 6.45) is 1.75. The molecule has 0 unspecified atom stereocenters. The first-order chi connectivity index (χ1) is 13.7. The van der Waals surface area contributed by atoms with Gasteiger partial charge in [-0.05, 0) is 36.4 Å². The third kappa shape index (κ3) is 2.60. The summed E-state index contributed by atoms with van der Waals surface area (Å²) in [4.78, 5) is 9.34. The van der Waals surface area contributed by atoms with E-state index in [1.165, 1.54) is 0 Å². The first-order valence-electron chi connectivity index (χ1n) is 8.92. The number of nitrogen functional groups attached to an aromatic ring is 1. The van der Waals surface area contributed by atoms with Crippen molar-refractivity contribution in [3.63, 3.8) is 0 Å². The number of nitrogens with zero attached hydrogens (tertiary/aromatic N) is 3. The summed E-state index contributed by atoms with van der Waals surface area (Å²) in [6, 6.07) is 15.2. The maximum absolute atomic E-state index is 6.31. The molecule has 0 saturated heterocycles. The van der Waals surface area contributed by atoms with Crippen LogP contribution < -0.4 is 19.9 Å². The summed E-state index contributed by atoms with van der Waals surface area (Å²) in [5.74, 6) is 2.83. The summed E-state index contributed by atoms with van der Waals surface area (Å²) >= 11 is 0. The number of hydrogen-bond donors (Lipinski definition) is 1. The van der Waals surface area contributed by atoms with Gasteiger partial charge < -0.3 is 19.9 Å². The number of anilines is 1. The molecule has 7 heteroatoms. The zero-order chi connectivity index (χ0) is 19.1. The molecule has 140 valence electrons. The van der Waals surface area contributed by atoms with E-state index in [1.54, 1.807) is 19.4 Å². The zero-order valence-electron chi connectivity index (χ0n) is 15.3. The number of nitrogens with two attached hydrogens (primary N) is 1. The smallest absolute Gasteiger partial charge is 0.164 e. The minimum Gasteiger partial charge on any atom is -0.497 e. The quantitative estimate of drug-likeness (QED) is 0.553. The van der Waals surface area contributed by atoms with Crippen LogP contribution in [0.3, 0.4) is 0 Å². The highest BCUT2D eigenvalue weighted by molar-refractivity contribution is 5.84. The average Bonchev–Trinajstić information content (AvgIpc) is 3.12. The SMILES string of the molecule is COc1ccc(-c2nc3cccnc3n2-c2ccc3c(c2)OCCO3)c(N)c1. The van der Waals surface area contributed by atoms with Crippen molar-refractivity contribution in [1.82, 2.24) is 14.5 Å². The fraction of sp³-hybridized carbons (Fsp3) is 0.143. The number of aromatic nitrogens is 3. The summed E-state index contributed by atoms with van der Waals surface area (Å²) in [7, 11) is 1.61. The van der Waals surface area contributed by atoms with E-state index in [4.69, 9.17) is 24.9 Å². The number of methoxy groups -OCH3 is 1. The van der Waals surface area contributed by atoms with Crippen molar-refractivity contribution < 1.29 is 14.2 Å². The van der Waals surface area contributed by atoms with E-state index in [2.05, 4.69) is 4.98 Å². The van der Waals surface area contributed by atoms with Crippen LogP contribution in [-0.4, -0.2) is 34.9 Å². The standard InChI is InChI=1S/C21H18N4O3/c1-26-14-5-6-15(16(22)12-14)20-24-17-3-2-8-23-21(17)25(20)13-4-7-18-19(11-13)28-10-9-27-18/h2-8,11-12H,9-10,22H2,1H3. The number of rotatable bonds is 3. The van der Waals surface area contributed by atoms with E-state index < -0.39 is 0 Å². The highest BCUT2D eigenvalue weighted by Crippen LogP contribution is 2.36. The van der Waals surface area contributed by atoms with E-state index in [9.17, 15) is 0 Å². The minimum absolute atomic E-state index is 0.525. The predicted octanol–water partition coefficient (Wildman–Crippen LogP) is 3.45. The van der Waals surface area contributed by atoms with Gasteiger partial charge in [-0.3, -0.25) is 4.57 Å². The molecule has 0 fully saturated rings. The molecule has 2 aromatic carbocycles. The van der Waals surface area contributed by atoms with Crippen molar-refractivity contribution in [2.75, 3.05) is 26.1 Å². The molecule has 0 aliphatic carbocycles. The molecule has 0 radical (unpaired) electrons. The Bertz CT molecular complexity index is 1190. The lowest BCUT2D eigenvalue weighted by molar-refractivity contribution is 0.171. The molecule has 0 saturated carbocycles. The van der Waals surface area contributed by atoms with E-state index in [0.717, 1.165) is 28.2 Å². The van der Waals surface area contributed by atoms with Crippen LogP contribution in [0.2, 0.25) is 0 Å². The van der Waals surface area contributed by atoms with Crippen LogP contribution in [-0.2, 0) is 0 Å². The van der Waals surface area contributed by atoms with E-state index in [0.29, 0.717) is 36.2 Å². The molecule has 28 heavy (non-hydrogen) atoms. The summed E-state index contributed by atoms with van der Waals surface area (Å²) in [5.41, 5.74) is 10.1. The molecule has 2 aromatic heterocycles.